The summed E-state index contributed by atoms with van der Waals surface area (Å²) in [5, 5.41) is 0.456. The van der Waals surface area contributed by atoms with Crippen LogP contribution in [0.2, 0.25) is 0 Å². The summed E-state index contributed by atoms with van der Waals surface area (Å²) >= 11 is 0. The van der Waals surface area contributed by atoms with Crippen LogP contribution in [0.15, 0.2) is 63.8 Å². The number of benzene rings is 3. The van der Waals surface area contributed by atoms with Crippen molar-refractivity contribution in [2.75, 3.05) is 25.2 Å². The maximum atomic E-state index is 14.1. The molecule has 214 valence electrons. The highest BCUT2D eigenvalue weighted by atomic mass is 16.5. The Morgan fingerprint density at radius 1 is 0.854 bits per heavy atom. The number of carbonyl (C=O) groups is 1. The average molecular weight is 556 g/mol. The van der Waals surface area contributed by atoms with Gasteiger partial charge in [0.2, 0.25) is 5.76 Å². The van der Waals surface area contributed by atoms with Crippen molar-refractivity contribution in [2.24, 2.45) is 0 Å². The molecule has 2 heterocycles. The Labute approximate surface area is 240 Å². The molecule has 5 rings (SSSR count). The lowest BCUT2D eigenvalue weighted by molar-refractivity contribution is 0.0971. The van der Waals surface area contributed by atoms with E-state index in [1.54, 1.807) is 12.0 Å². The highest BCUT2D eigenvalue weighted by Crippen LogP contribution is 2.43. The number of carbonyl (C=O) groups excluding carboxylic acids is 1. The van der Waals surface area contributed by atoms with Crippen molar-refractivity contribution in [3.05, 3.63) is 92.8 Å². The van der Waals surface area contributed by atoms with Crippen LogP contribution in [-0.4, -0.2) is 26.2 Å². The third-order valence-corrected chi connectivity index (χ3v) is 7.67. The molecule has 7 heteroatoms. The first-order valence-corrected chi connectivity index (χ1v) is 14.3. The van der Waals surface area contributed by atoms with Gasteiger partial charge in [0.05, 0.1) is 37.3 Å². The number of aryl methyl sites for hydroxylation is 2. The number of fused-ring (bicyclic) bond motifs is 2. The second-order valence-electron chi connectivity index (χ2n) is 10.4. The minimum Gasteiger partial charge on any atom is -0.494 e. The van der Waals surface area contributed by atoms with Gasteiger partial charge in [0.1, 0.15) is 11.3 Å². The van der Waals surface area contributed by atoms with Crippen molar-refractivity contribution < 1.29 is 23.4 Å². The van der Waals surface area contributed by atoms with Crippen molar-refractivity contribution in [1.29, 1.82) is 0 Å². The zero-order chi connectivity index (χ0) is 29.1. The summed E-state index contributed by atoms with van der Waals surface area (Å²) in [5.74, 6) is 1.55. The molecular weight excluding hydrogens is 518 g/mol. The van der Waals surface area contributed by atoms with Crippen molar-refractivity contribution >= 4 is 22.6 Å². The number of nitrogens with zero attached hydrogens (tertiary/aromatic N) is 1. The van der Waals surface area contributed by atoms with Gasteiger partial charge in [0.15, 0.2) is 16.9 Å². The molecule has 0 fully saturated rings. The van der Waals surface area contributed by atoms with Crippen LogP contribution in [0.25, 0.3) is 11.0 Å². The normalized spacial score (nSPS) is 14.4. The van der Waals surface area contributed by atoms with Gasteiger partial charge in [-0.1, -0.05) is 32.3 Å². The topological polar surface area (TPSA) is 78.2 Å². The number of anilines is 1. The molecule has 0 N–H and O–H groups in total. The van der Waals surface area contributed by atoms with Crippen molar-refractivity contribution in [1.82, 2.24) is 0 Å². The quantitative estimate of drug-likeness (QED) is 0.178. The first-order valence-electron chi connectivity index (χ1n) is 14.3. The van der Waals surface area contributed by atoms with Gasteiger partial charge in [-0.25, -0.2) is 0 Å². The van der Waals surface area contributed by atoms with Crippen molar-refractivity contribution in [2.45, 2.75) is 59.4 Å². The molecule has 0 saturated carbocycles. The van der Waals surface area contributed by atoms with Crippen LogP contribution in [-0.2, 0) is 0 Å². The fraction of sp³-hybridized carbons (Fsp3) is 0.353. The minimum absolute atomic E-state index is 0.0554. The molecule has 1 unspecified atom stereocenters. The molecule has 3 aromatic carbocycles. The third-order valence-electron chi connectivity index (χ3n) is 7.67. The van der Waals surface area contributed by atoms with Crippen molar-refractivity contribution in [3.63, 3.8) is 0 Å². The van der Waals surface area contributed by atoms with E-state index in [1.807, 2.05) is 75.4 Å². The SMILES string of the molecule is CCCCCCOc1ccc(C2c3c(oc4cc(C)c(C)cc4c3=O)C(=O)N2c2ccc(OCC)cc2)cc1OC. The summed E-state index contributed by atoms with van der Waals surface area (Å²) in [4.78, 5) is 29.7. The molecule has 0 aliphatic carbocycles. The van der Waals surface area contributed by atoms with E-state index < -0.39 is 6.04 Å². The Balaban J connectivity index is 1.63. The second-order valence-corrected chi connectivity index (χ2v) is 10.4. The lowest BCUT2D eigenvalue weighted by Crippen LogP contribution is -2.29. The molecule has 1 aliphatic rings. The van der Waals surface area contributed by atoms with E-state index >= 15 is 0 Å². The van der Waals surface area contributed by atoms with E-state index in [0.717, 1.165) is 36.0 Å². The van der Waals surface area contributed by atoms with Crippen LogP contribution in [0.3, 0.4) is 0 Å². The summed E-state index contributed by atoms with van der Waals surface area (Å²) in [6.45, 7) is 9.14. The number of hydrogen-bond acceptors (Lipinski definition) is 6. The fourth-order valence-corrected chi connectivity index (χ4v) is 5.36. The summed E-state index contributed by atoms with van der Waals surface area (Å²) in [6, 6.07) is 15.8. The van der Waals surface area contributed by atoms with Gasteiger partial charge in [-0.3, -0.25) is 14.5 Å². The number of amides is 1. The summed E-state index contributed by atoms with van der Waals surface area (Å²) < 4.78 is 23.5. The molecule has 1 aromatic heterocycles. The zero-order valence-electron chi connectivity index (χ0n) is 24.4. The van der Waals surface area contributed by atoms with Crippen LogP contribution in [0.1, 0.15) is 78.4 Å². The standard InChI is InChI=1S/C34H37NO6/c1-6-8-9-10-17-40-27-16-11-23(20-29(27)38-5)31-30-32(36)26-18-21(3)22(4)19-28(26)41-33(30)34(37)35(31)24-12-14-25(15-13-24)39-7-2/h11-16,18-20,31H,6-10,17H2,1-5H3. The van der Waals surface area contributed by atoms with Crippen LogP contribution < -0.4 is 24.5 Å². The molecule has 1 atom stereocenters. The molecule has 0 spiro atoms. The predicted octanol–water partition coefficient (Wildman–Crippen LogP) is 7.53. The van der Waals surface area contributed by atoms with E-state index in [2.05, 4.69) is 6.92 Å². The first-order chi connectivity index (χ1) is 19.9. The van der Waals surface area contributed by atoms with E-state index in [-0.39, 0.29) is 17.1 Å². The largest absolute Gasteiger partial charge is 0.494 e. The molecule has 7 nitrogen and oxygen atoms in total. The molecule has 0 saturated heterocycles. The Morgan fingerprint density at radius 2 is 1.61 bits per heavy atom. The molecule has 0 bridgehead atoms. The van der Waals surface area contributed by atoms with Gasteiger partial charge in [-0.15, -0.1) is 0 Å². The minimum atomic E-state index is -0.717. The highest BCUT2D eigenvalue weighted by Gasteiger charge is 2.44. The number of unbranched alkanes of at least 4 members (excludes halogenated alkanes) is 3. The smallest absolute Gasteiger partial charge is 0.295 e. The molecule has 0 radical (unpaired) electrons. The van der Waals surface area contributed by atoms with Gasteiger partial charge in [0.25, 0.3) is 5.91 Å². The van der Waals surface area contributed by atoms with Crippen LogP contribution in [0.4, 0.5) is 5.69 Å². The van der Waals surface area contributed by atoms with E-state index in [4.69, 9.17) is 18.6 Å². The Kier molecular flexibility index (Phi) is 8.34. The third kappa shape index (κ3) is 5.41. The van der Waals surface area contributed by atoms with E-state index in [0.29, 0.717) is 52.7 Å². The predicted molar refractivity (Wildman–Crippen MR) is 161 cm³/mol. The van der Waals surface area contributed by atoms with Crippen LogP contribution in [0.5, 0.6) is 17.2 Å². The second kappa shape index (κ2) is 12.1. The molecule has 1 aliphatic heterocycles. The summed E-state index contributed by atoms with van der Waals surface area (Å²) in [7, 11) is 1.59. The number of ether oxygens (including phenoxy) is 3. The fourth-order valence-electron chi connectivity index (χ4n) is 5.36. The first kappa shape index (κ1) is 28.3. The average Bonchev–Trinajstić information content (AvgIpc) is 3.27. The van der Waals surface area contributed by atoms with E-state index in [1.165, 1.54) is 6.42 Å². The Hall–Kier alpha value is -4.26. The van der Waals surface area contributed by atoms with Gasteiger partial charge in [0, 0.05) is 5.69 Å². The Morgan fingerprint density at radius 3 is 2.32 bits per heavy atom. The highest BCUT2D eigenvalue weighted by molar-refractivity contribution is 6.10. The maximum absolute atomic E-state index is 14.1. The van der Waals surface area contributed by atoms with Crippen molar-refractivity contribution in [3.8, 4) is 17.2 Å². The van der Waals surface area contributed by atoms with Crippen LogP contribution in [0, 0.1) is 13.8 Å². The number of methoxy groups -OCH3 is 1. The zero-order valence-corrected chi connectivity index (χ0v) is 24.4. The number of hydrogen-bond donors (Lipinski definition) is 0. The number of rotatable bonds is 11. The molecular formula is C34H37NO6. The van der Waals surface area contributed by atoms with Gasteiger partial charge < -0.3 is 18.6 Å². The van der Waals surface area contributed by atoms with Gasteiger partial charge in [-0.05, 0) is 92.4 Å². The molecule has 41 heavy (non-hydrogen) atoms. The Bertz CT molecular complexity index is 1620. The van der Waals surface area contributed by atoms with E-state index in [9.17, 15) is 9.59 Å². The van der Waals surface area contributed by atoms with Gasteiger partial charge >= 0.3 is 0 Å². The lowest BCUT2D eigenvalue weighted by Gasteiger charge is -2.26. The van der Waals surface area contributed by atoms with Gasteiger partial charge in [-0.2, -0.15) is 0 Å². The summed E-state index contributed by atoms with van der Waals surface area (Å²) in [5.41, 5.74) is 3.82. The monoisotopic (exact) mass is 555 g/mol. The molecule has 4 aromatic rings. The van der Waals surface area contributed by atoms with Crippen LogP contribution >= 0.6 is 0 Å². The lowest BCUT2D eigenvalue weighted by atomic mass is 9.97. The maximum Gasteiger partial charge on any atom is 0.295 e. The summed E-state index contributed by atoms with van der Waals surface area (Å²) in [6.07, 6.45) is 4.40. The molecule has 1 amide bonds.